The van der Waals surface area contributed by atoms with Crippen LogP contribution in [0, 0.1) is 0 Å². The van der Waals surface area contributed by atoms with Crippen molar-refractivity contribution in [1.29, 1.82) is 0 Å². The molecule has 6 heteroatoms. The average molecular weight is 270 g/mol. The molecule has 0 fully saturated rings. The number of thiazole rings is 1. The van der Waals surface area contributed by atoms with Crippen LogP contribution in [-0.4, -0.2) is 9.97 Å². The maximum atomic E-state index is 5.87. The van der Waals surface area contributed by atoms with Crippen LogP contribution in [0.4, 0.5) is 10.8 Å². The Hall–Kier alpha value is -1.17. The molecule has 0 spiro atoms. The number of nitrogens with zero attached hydrogens (tertiary/aromatic N) is 1. The number of halogens is 1. The van der Waals surface area contributed by atoms with Gasteiger partial charge in [0.15, 0.2) is 5.13 Å². The molecule has 3 N–H and O–H groups in total. The first kappa shape index (κ1) is 11.3. The summed E-state index contributed by atoms with van der Waals surface area (Å²) < 4.78 is 0. The van der Waals surface area contributed by atoms with Crippen molar-refractivity contribution in [2.75, 3.05) is 5.32 Å². The van der Waals surface area contributed by atoms with Crippen LogP contribution in [0.15, 0.2) is 29.6 Å². The van der Waals surface area contributed by atoms with Crippen LogP contribution in [-0.2, 0) is 0 Å². The Labute approximate surface area is 107 Å². The first-order chi connectivity index (χ1) is 7.65. The van der Waals surface area contributed by atoms with E-state index in [1.807, 2.05) is 29.6 Å². The predicted octanol–water partition coefficient (Wildman–Crippen LogP) is 3.17. The van der Waals surface area contributed by atoms with E-state index in [0.717, 1.165) is 10.8 Å². The minimum absolute atomic E-state index is 0.301. The molecule has 1 aromatic carbocycles. The van der Waals surface area contributed by atoms with Gasteiger partial charge in [-0.2, -0.15) is 0 Å². The zero-order chi connectivity index (χ0) is 11.5. The summed E-state index contributed by atoms with van der Waals surface area (Å²) in [6.07, 6.45) is 0. The molecule has 0 atom stereocenters. The van der Waals surface area contributed by atoms with Gasteiger partial charge in [0.25, 0.3) is 0 Å². The molecule has 0 saturated heterocycles. The Morgan fingerprint density at radius 1 is 1.50 bits per heavy atom. The Bertz CT molecular complexity index is 524. The molecule has 16 heavy (non-hydrogen) atoms. The summed E-state index contributed by atoms with van der Waals surface area (Å²) in [5.74, 6) is 0. The van der Waals surface area contributed by atoms with E-state index in [0.29, 0.717) is 15.7 Å². The van der Waals surface area contributed by atoms with Crippen LogP contribution in [0.3, 0.4) is 0 Å². The molecule has 0 saturated carbocycles. The molecule has 0 aliphatic heterocycles. The second kappa shape index (κ2) is 4.78. The fraction of sp³-hybridized carbons (Fsp3) is 0. The molecule has 1 aromatic heterocycles. The van der Waals surface area contributed by atoms with Crippen molar-refractivity contribution in [3.63, 3.8) is 0 Å². The highest BCUT2D eigenvalue weighted by atomic mass is 35.5. The van der Waals surface area contributed by atoms with Gasteiger partial charge >= 0.3 is 0 Å². The number of anilines is 2. The Kier molecular flexibility index (Phi) is 3.38. The third-order valence-electron chi connectivity index (χ3n) is 1.83. The summed E-state index contributed by atoms with van der Waals surface area (Å²) in [6, 6.07) is 7.42. The quantitative estimate of drug-likeness (QED) is 0.841. The highest BCUT2D eigenvalue weighted by Crippen LogP contribution is 2.22. The van der Waals surface area contributed by atoms with Gasteiger partial charge in [-0.15, -0.1) is 11.3 Å². The van der Waals surface area contributed by atoms with Crippen LogP contribution >= 0.6 is 35.2 Å². The van der Waals surface area contributed by atoms with E-state index in [1.165, 1.54) is 11.3 Å². The van der Waals surface area contributed by atoms with E-state index in [-0.39, 0.29) is 0 Å². The first-order valence-corrected chi connectivity index (χ1v) is 6.09. The Balaban J connectivity index is 2.17. The number of nitrogens with one attached hydrogen (secondary N) is 1. The van der Waals surface area contributed by atoms with E-state index in [1.54, 1.807) is 0 Å². The minimum atomic E-state index is 0.301. The van der Waals surface area contributed by atoms with E-state index in [4.69, 9.17) is 29.6 Å². The van der Waals surface area contributed by atoms with Crippen LogP contribution in [0.5, 0.6) is 0 Å². The summed E-state index contributed by atoms with van der Waals surface area (Å²) >= 11 is 12.1. The lowest BCUT2D eigenvalue weighted by Gasteiger charge is -2.01. The van der Waals surface area contributed by atoms with Gasteiger partial charge in [-0.1, -0.05) is 29.9 Å². The number of rotatable bonds is 3. The lowest BCUT2D eigenvalue weighted by Crippen LogP contribution is -2.09. The van der Waals surface area contributed by atoms with E-state index in [9.17, 15) is 0 Å². The summed E-state index contributed by atoms with van der Waals surface area (Å²) in [4.78, 5) is 4.53. The standard InChI is InChI=1S/C10H8ClN3S2/c11-6-2-1-3-7(4-6)13-10-14-8(5-16-10)9(12)15/h1-5H,(H2,12,15)(H,13,14). The monoisotopic (exact) mass is 269 g/mol. The lowest BCUT2D eigenvalue weighted by atomic mass is 10.3. The summed E-state index contributed by atoms with van der Waals surface area (Å²) in [7, 11) is 0. The van der Waals surface area contributed by atoms with Crippen molar-refractivity contribution >= 4 is 51.0 Å². The molecule has 2 aromatic rings. The number of thiocarbonyl (C=S) groups is 1. The fourth-order valence-corrected chi connectivity index (χ4v) is 2.23. The molecular formula is C10H8ClN3S2. The SMILES string of the molecule is NC(=S)c1csc(Nc2cccc(Cl)c2)n1. The van der Waals surface area contributed by atoms with Gasteiger partial charge in [0.05, 0.1) is 0 Å². The summed E-state index contributed by atoms with van der Waals surface area (Å²) in [5.41, 5.74) is 6.99. The third kappa shape index (κ3) is 2.69. The first-order valence-electron chi connectivity index (χ1n) is 4.43. The second-order valence-corrected chi connectivity index (χ2v) is 4.77. The number of aromatic nitrogens is 1. The van der Waals surface area contributed by atoms with Gasteiger partial charge in [-0.05, 0) is 18.2 Å². The zero-order valence-electron chi connectivity index (χ0n) is 8.11. The van der Waals surface area contributed by atoms with Crippen LogP contribution in [0.2, 0.25) is 5.02 Å². The number of hydrogen-bond acceptors (Lipinski definition) is 4. The molecule has 2 rings (SSSR count). The number of hydrogen-bond donors (Lipinski definition) is 2. The molecule has 3 nitrogen and oxygen atoms in total. The molecule has 0 amide bonds. The number of nitrogens with two attached hydrogens (primary N) is 1. The average Bonchev–Trinajstić information content (AvgIpc) is 2.66. The van der Waals surface area contributed by atoms with Gasteiger partial charge < -0.3 is 11.1 Å². The topological polar surface area (TPSA) is 50.9 Å². The van der Waals surface area contributed by atoms with Crippen molar-refractivity contribution < 1.29 is 0 Å². The smallest absolute Gasteiger partial charge is 0.187 e. The van der Waals surface area contributed by atoms with Gasteiger partial charge in [0.1, 0.15) is 10.7 Å². The maximum Gasteiger partial charge on any atom is 0.187 e. The van der Waals surface area contributed by atoms with Crippen LogP contribution < -0.4 is 11.1 Å². The number of benzene rings is 1. The molecule has 0 aliphatic carbocycles. The van der Waals surface area contributed by atoms with Gasteiger partial charge in [-0.3, -0.25) is 0 Å². The van der Waals surface area contributed by atoms with Crippen molar-refractivity contribution in [2.24, 2.45) is 5.73 Å². The molecule has 0 radical (unpaired) electrons. The van der Waals surface area contributed by atoms with Crippen molar-refractivity contribution in [3.8, 4) is 0 Å². The third-order valence-corrected chi connectivity index (χ3v) is 3.03. The van der Waals surface area contributed by atoms with Gasteiger partial charge in [0.2, 0.25) is 0 Å². The Morgan fingerprint density at radius 2 is 2.31 bits per heavy atom. The summed E-state index contributed by atoms with van der Waals surface area (Å²) in [5, 5.41) is 6.36. The normalized spacial score (nSPS) is 10.1. The molecule has 0 aliphatic rings. The lowest BCUT2D eigenvalue weighted by molar-refractivity contribution is 1.36. The minimum Gasteiger partial charge on any atom is -0.388 e. The van der Waals surface area contributed by atoms with E-state index >= 15 is 0 Å². The van der Waals surface area contributed by atoms with Crippen LogP contribution in [0.25, 0.3) is 0 Å². The summed E-state index contributed by atoms with van der Waals surface area (Å²) in [6.45, 7) is 0. The molecule has 82 valence electrons. The fourth-order valence-electron chi connectivity index (χ4n) is 1.13. The highest BCUT2D eigenvalue weighted by molar-refractivity contribution is 7.80. The van der Waals surface area contributed by atoms with Crippen molar-refractivity contribution in [3.05, 3.63) is 40.4 Å². The van der Waals surface area contributed by atoms with Gasteiger partial charge in [0, 0.05) is 16.1 Å². The van der Waals surface area contributed by atoms with E-state index < -0.39 is 0 Å². The highest BCUT2D eigenvalue weighted by Gasteiger charge is 2.04. The predicted molar refractivity (Wildman–Crippen MR) is 72.7 cm³/mol. The van der Waals surface area contributed by atoms with Crippen molar-refractivity contribution in [2.45, 2.75) is 0 Å². The second-order valence-electron chi connectivity index (χ2n) is 3.04. The molecule has 0 unspecified atom stereocenters. The van der Waals surface area contributed by atoms with E-state index in [2.05, 4.69) is 10.3 Å². The molecule has 0 bridgehead atoms. The van der Waals surface area contributed by atoms with Crippen molar-refractivity contribution in [1.82, 2.24) is 4.98 Å². The Morgan fingerprint density at radius 3 is 2.94 bits per heavy atom. The maximum absolute atomic E-state index is 5.87. The zero-order valence-corrected chi connectivity index (χ0v) is 10.5. The van der Waals surface area contributed by atoms with Crippen LogP contribution in [0.1, 0.15) is 5.69 Å². The molecule has 1 heterocycles. The largest absolute Gasteiger partial charge is 0.388 e. The van der Waals surface area contributed by atoms with Gasteiger partial charge in [-0.25, -0.2) is 4.98 Å². The molecular weight excluding hydrogens is 262 g/mol.